The predicted octanol–water partition coefficient (Wildman–Crippen LogP) is -0.154. The van der Waals surface area contributed by atoms with Crippen LogP contribution in [-0.4, -0.2) is 11.3 Å². The highest BCUT2D eigenvalue weighted by molar-refractivity contribution is 7.80. The summed E-state index contributed by atoms with van der Waals surface area (Å²) in [6.45, 7) is 6.40. The first-order valence-electron chi connectivity index (χ1n) is 3.57. The van der Waals surface area contributed by atoms with Crippen molar-refractivity contribution in [3.8, 4) is 0 Å². The molecule has 11 heavy (non-hydrogen) atoms. The fourth-order valence-electron chi connectivity index (χ4n) is 0.776. The number of thiocarbonyl (C=S) groups is 1. The predicted molar refractivity (Wildman–Crippen MR) is 48.4 cm³/mol. The Labute approximate surface area is 72.1 Å². The van der Waals surface area contributed by atoms with Crippen LogP contribution >= 0.6 is 12.2 Å². The molecule has 4 N–H and O–H groups in total. The van der Waals surface area contributed by atoms with E-state index in [-0.39, 0.29) is 11.6 Å². The van der Waals surface area contributed by atoms with Gasteiger partial charge in [-0.15, -0.1) is 0 Å². The van der Waals surface area contributed by atoms with Crippen molar-refractivity contribution in [2.75, 3.05) is 0 Å². The quantitative estimate of drug-likeness (QED) is 0.385. The highest BCUT2D eigenvalue weighted by Gasteiger charge is 2.26. The second-order valence-electron chi connectivity index (χ2n) is 3.67. The molecule has 1 heterocycles. The van der Waals surface area contributed by atoms with Gasteiger partial charge in [-0.1, -0.05) is 20.8 Å². The molecule has 0 aromatic heterocycles. The van der Waals surface area contributed by atoms with Crippen LogP contribution < -0.4 is 21.7 Å². The van der Waals surface area contributed by atoms with Crippen molar-refractivity contribution in [3.05, 3.63) is 0 Å². The van der Waals surface area contributed by atoms with Crippen LogP contribution in [0.2, 0.25) is 0 Å². The van der Waals surface area contributed by atoms with Crippen LogP contribution in [0.15, 0.2) is 0 Å². The molecule has 1 rings (SSSR count). The van der Waals surface area contributed by atoms with Crippen LogP contribution in [0.4, 0.5) is 0 Å². The fourth-order valence-corrected chi connectivity index (χ4v) is 0.894. The maximum Gasteiger partial charge on any atom is 0.195 e. The molecule has 0 aromatic carbocycles. The van der Waals surface area contributed by atoms with Gasteiger partial charge in [-0.3, -0.25) is 10.9 Å². The third-order valence-electron chi connectivity index (χ3n) is 1.53. The van der Waals surface area contributed by atoms with Crippen LogP contribution in [0.25, 0.3) is 0 Å². The summed E-state index contributed by atoms with van der Waals surface area (Å²) in [5, 5.41) is 0.575. The van der Waals surface area contributed by atoms with Crippen molar-refractivity contribution < 1.29 is 0 Å². The SMILES string of the molecule is CC(C)(C)C1NNC(=S)NN1. The van der Waals surface area contributed by atoms with Crippen molar-refractivity contribution in [3.63, 3.8) is 0 Å². The minimum absolute atomic E-state index is 0.149. The van der Waals surface area contributed by atoms with Gasteiger partial charge in [-0.05, 0) is 17.6 Å². The summed E-state index contributed by atoms with van der Waals surface area (Å²) in [5.74, 6) is 0. The molecule has 0 radical (unpaired) electrons. The Hall–Kier alpha value is -0.390. The van der Waals surface area contributed by atoms with Gasteiger partial charge in [-0.25, -0.2) is 10.9 Å². The van der Waals surface area contributed by atoms with E-state index in [1.54, 1.807) is 0 Å². The molecule has 0 atom stereocenters. The molecule has 0 unspecified atom stereocenters. The molecule has 1 aliphatic heterocycles. The van der Waals surface area contributed by atoms with Gasteiger partial charge >= 0.3 is 0 Å². The van der Waals surface area contributed by atoms with E-state index >= 15 is 0 Å². The normalized spacial score (nSPS) is 20.8. The lowest BCUT2D eigenvalue weighted by atomic mass is 9.93. The maximum absolute atomic E-state index is 4.83. The topological polar surface area (TPSA) is 48.1 Å². The highest BCUT2D eigenvalue weighted by Crippen LogP contribution is 2.16. The van der Waals surface area contributed by atoms with E-state index < -0.39 is 0 Å². The molecule has 0 aliphatic carbocycles. The number of hydrazine groups is 2. The Morgan fingerprint density at radius 1 is 1.18 bits per heavy atom. The first-order valence-corrected chi connectivity index (χ1v) is 3.98. The molecule has 1 saturated heterocycles. The first kappa shape index (κ1) is 8.70. The second kappa shape index (κ2) is 2.92. The lowest BCUT2D eigenvalue weighted by molar-refractivity contribution is 0.190. The van der Waals surface area contributed by atoms with Gasteiger partial charge in [0.1, 0.15) is 0 Å². The number of rotatable bonds is 0. The Kier molecular flexibility index (Phi) is 2.31. The first-order chi connectivity index (χ1) is 5.00. The summed E-state index contributed by atoms with van der Waals surface area (Å²) in [6, 6.07) is 0. The van der Waals surface area contributed by atoms with E-state index in [0.29, 0.717) is 5.11 Å². The zero-order valence-corrected chi connectivity index (χ0v) is 7.80. The van der Waals surface area contributed by atoms with Gasteiger partial charge in [0.15, 0.2) is 5.11 Å². The van der Waals surface area contributed by atoms with Crippen molar-refractivity contribution in [1.82, 2.24) is 21.7 Å². The largest absolute Gasteiger partial charge is 0.296 e. The zero-order chi connectivity index (χ0) is 8.48. The minimum Gasteiger partial charge on any atom is -0.296 e. The van der Waals surface area contributed by atoms with Gasteiger partial charge in [0.2, 0.25) is 0 Å². The Morgan fingerprint density at radius 3 is 2.00 bits per heavy atom. The molecule has 0 aromatic rings. The molecule has 5 heteroatoms. The van der Waals surface area contributed by atoms with Gasteiger partial charge in [0.05, 0.1) is 6.17 Å². The van der Waals surface area contributed by atoms with Gasteiger partial charge in [0, 0.05) is 0 Å². The Balaban J connectivity index is 2.45. The van der Waals surface area contributed by atoms with Crippen molar-refractivity contribution in [2.24, 2.45) is 5.41 Å². The molecule has 1 aliphatic rings. The van der Waals surface area contributed by atoms with Gasteiger partial charge in [-0.2, -0.15) is 0 Å². The minimum atomic E-state index is 0.149. The molecule has 4 nitrogen and oxygen atoms in total. The zero-order valence-electron chi connectivity index (χ0n) is 6.99. The smallest absolute Gasteiger partial charge is 0.195 e. The number of nitrogens with one attached hydrogen (secondary N) is 4. The van der Waals surface area contributed by atoms with Crippen molar-refractivity contribution in [2.45, 2.75) is 26.9 Å². The molecular weight excluding hydrogens is 160 g/mol. The fraction of sp³-hybridized carbons (Fsp3) is 0.833. The average molecular weight is 174 g/mol. The Bertz CT molecular complexity index is 152. The van der Waals surface area contributed by atoms with E-state index in [2.05, 4.69) is 42.5 Å². The number of hydrogen-bond acceptors (Lipinski definition) is 3. The highest BCUT2D eigenvalue weighted by atomic mass is 32.1. The monoisotopic (exact) mass is 174 g/mol. The van der Waals surface area contributed by atoms with Crippen molar-refractivity contribution >= 4 is 17.3 Å². The van der Waals surface area contributed by atoms with Crippen LogP contribution in [0, 0.1) is 5.41 Å². The third kappa shape index (κ3) is 2.28. The summed E-state index contributed by atoms with van der Waals surface area (Å²) in [4.78, 5) is 0. The van der Waals surface area contributed by atoms with E-state index in [4.69, 9.17) is 12.2 Å². The number of hydrogen-bond donors (Lipinski definition) is 4. The standard InChI is InChI=1S/C6H14N4S/c1-6(2,3)4-7-9-5(11)10-8-4/h4,7-8H,1-3H3,(H2,9,10,11). The van der Waals surface area contributed by atoms with Crippen LogP contribution in [0.3, 0.4) is 0 Å². The lowest BCUT2D eigenvalue weighted by Gasteiger charge is -2.36. The summed E-state index contributed by atoms with van der Waals surface area (Å²) >= 11 is 4.83. The molecule has 0 bridgehead atoms. The summed E-state index contributed by atoms with van der Waals surface area (Å²) in [5.41, 5.74) is 11.9. The van der Waals surface area contributed by atoms with E-state index in [1.807, 2.05) is 0 Å². The van der Waals surface area contributed by atoms with E-state index in [0.717, 1.165) is 0 Å². The van der Waals surface area contributed by atoms with E-state index in [9.17, 15) is 0 Å². The second-order valence-corrected chi connectivity index (χ2v) is 4.08. The van der Waals surface area contributed by atoms with Crippen LogP contribution in [-0.2, 0) is 0 Å². The summed E-state index contributed by atoms with van der Waals surface area (Å²) in [7, 11) is 0. The summed E-state index contributed by atoms with van der Waals surface area (Å²) < 4.78 is 0. The van der Waals surface area contributed by atoms with Crippen molar-refractivity contribution in [1.29, 1.82) is 0 Å². The Morgan fingerprint density at radius 2 is 1.64 bits per heavy atom. The molecule has 0 saturated carbocycles. The molecular formula is C6H14N4S. The van der Waals surface area contributed by atoms with Crippen LogP contribution in [0.1, 0.15) is 20.8 Å². The molecule has 0 amide bonds. The molecule has 64 valence electrons. The summed E-state index contributed by atoms with van der Waals surface area (Å²) in [6.07, 6.45) is 0.175. The van der Waals surface area contributed by atoms with Crippen LogP contribution in [0.5, 0.6) is 0 Å². The van der Waals surface area contributed by atoms with E-state index in [1.165, 1.54) is 0 Å². The maximum atomic E-state index is 4.83. The van der Waals surface area contributed by atoms with Gasteiger partial charge in [0.25, 0.3) is 0 Å². The average Bonchev–Trinajstić information content (AvgIpc) is 1.86. The molecule has 0 spiro atoms. The third-order valence-corrected chi connectivity index (χ3v) is 1.73. The lowest BCUT2D eigenvalue weighted by Crippen LogP contribution is -2.69. The molecule has 1 fully saturated rings. The van der Waals surface area contributed by atoms with Gasteiger partial charge < -0.3 is 0 Å².